The van der Waals surface area contributed by atoms with Crippen LogP contribution < -0.4 is 14.8 Å². The summed E-state index contributed by atoms with van der Waals surface area (Å²) in [7, 11) is 3.23. The van der Waals surface area contributed by atoms with E-state index >= 15 is 0 Å². The highest BCUT2D eigenvalue weighted by atomic mass is 16.5. The maximum atomic E-state index is 13.0. The van der Waals surface area contributed by atoms with Crippen molar-refractivity contribution in [3.05, 3.63) is 83.9 Å². The van der Waals surface area contributed by atoms with E-state index in [1.807, 2.05) is 79.7 Å². The minimum absolute atomic E-state index is 0.124. The zero-order valence-electron chi connectivity index (χ0n) is 17.6. The van der Waals surface area contributed by atoms with Crippen LogP contribution in [0.4, 0.5) is 0 Å². The van der Waals surface area contributed by atoms with Gasteiger partial charge in [-0.25, -0.2) is 0 Å². The van der Waals surface area contributed by atoms with E-state index in [4.69, 9.17) is 14.2 Å². The van der Waals surface area contributed by atoms with E-state index in [1.54, 1.807) is 14.2 Å². The quantitative estimate of drug-likeness (QED) is 0.516. The summed E-state index contributed by atoms with van der Waals surface area (Å²) in [6.07, 6.45) is 0. The molecule has 0 bridgehead atoms. The van der Waals surface area contributed by atoms with Crippen molar-refractivity contribution in [2.24, 2.45) is 0 Å². The van der Waals surface area contributed by atoms with Gasteiger partial charge in [0.25, 0.3) is 5.91 Å². The van der Waals surface area contributed by atoms with Crippen molar-refractivity contribution >= 4 is 5.91 Å². The summed E-state index contributed by atoms with van der Waals surface area (Å²) < 4.78 is 16.1. The molecule has 1 unspecified atom stereocenters. The van der Waals surface area contributed by atoms with Gasteiger partial charge < -0.3 is 19.5 Å². The lowest BCUT2D eigenvalue weighted by atomic mass is 9.98. The van der Waals surface area contributed by atoms with E-state index in [1.165, 1.54) is 0 Å². The van der Waals surface area contributed by atoms with Crippen molar-refractivity contribution in [3.8, 4) is 22.6 Å². The molecule has 0 aliphatic heterocycles. The first kappa shape index (κ1) is 21.4. The Kier molecular flexibility index (Phi) is 7.46. The Hall–Kier alpha value is -3.31. The first-order valence-electron chi connectivity index (χ1n) is 9.89. The van der Waals surface area contributed by atoms with E-state index in [2.05, 4.69) is 5.32 Å². The number of hydrogen-bond acceptors (Lipinski definition) is 4. The predicted octanol–water partition coefficient (Wildman–Crippen LogP) is 4.88. The topological polar surface area (TPSA) is 56.8 Å². The normalized spacial score (nSPS) is 11.6. The number of benzene rings is 3. The SMILES string of the molecule is COCCOc1ccc(C(C)NC(=O)c2ccccc2-c2ccccc2)cc1OC. The molecule has 0 fully saturated rings. The highest BCUT2D eigenvalue weighted by Gasteiger charge is 2.17. The number of carbonyl (C=O) groups is 1. The third-order valence-electron chi connectivity index (χ3n) is 4.84. The Morgan fingerprint density at radius 1 is 0.900 bits per heavy atom. The molecule has 0 saturated carbocycles. The number of ether oxygens (including phenoxy) is 3. The van der Waals surface area contributed by atoms with Crippen LogP contribution >= 0.6 is 0 Å². The van der Waals surface area contributed by atoms with Gasteiger partial charge in [0.2, 0.25) is 0 Å². The van der Waals surface area contributed by atoms with Crippen LogP contribution in [0.3, 0.4) is 0 Å². The highest BCUT2D eigenvalue weighted by Crippen LogP contribution is 2.31. The average Bonchev–Trinajstić information content (AvgIpc) is 2.79. The van der Waals surface area contributed by atoms with Gasteiger partial charge in [-0.2, -0.15) is 0 Å². The summed E-state index contributed by atoms with van der Waals surface area (Å²) in [6, 6.07) is 23.0. The summed E-state index contributed by atoms with van der Waals surface area (Å²) in [5.41, 5.74) is 3.48. The summed E-state index contributed by atoms with van der Waals surface area (Å²) >= 11 is 0. The molecule has 3 rings (SSSR count). The fraction of sp³-hybridized carbons (Fsp3) is 0.240. The largest absolute Gasteiger partial charge is 0.493 e. The molecule has 0 radical (unpaired) electrons. The van der Waals surface area contributed by atoms with Gasteiger partial charge in [0.1, 0.15) is 6.61 Å². The van der Waals surface area contributed by atoms with E-state index in [-0.39, 0.29) is 11.9 Å². The maximum Gasteiger partial charge on any atom is 0.252 e. The Morgan fingerprint density at radius 3 is 2.37 bits per heavy atom. The molecule has 1 N–H and O–H groups in total. The van der Waals surface area contributed by atoms with Crippen molar-refractivity contribution < 1.29 is 19.0 Å². The number of methoxy groups -OCH3 is 2. The lowest BCUT2D eigenvalue weighted by Gasteiger charge is -2.18. The Bertz CT molecular complexity index is 972. The first-order valence-corrected chi connectivity index (χ1v) is 9.89. The van der Waals surface area contributed by atoms with Crippen LogP contribution in [0.25, 0.3) is 11.1 Å². The summed E-state index contributed by atoms with van der Waals surface area (Å²) in [5, 5.41) is 3.09. The average molecular weight is 405 g/mol. The fourth-order valence-corrected chi connectivity index (χ4v) is 3.22. The molecule has 3 aromatic rings. The molecule has 30 heavy (non-hydrogen) atoms. The third-order valence-corrected chi connectivity index (χ3v) is 4.84. The van der Waals surface area contributed by atoms with E-state index in [9.17, 15) is 4.79 Å². The second kappa shape index (κ2) is 10.5. The summed E-state index contributed by atoms with van der Waals surface area (Å²) in [4.78, 5) is 13.0. The van der Waals surface area contributed by atoms with Crippen molar-refractivity contribution in [1.29, 1.82) is 0 Å². The minimum atomic E-state index is -0.205. The van der Waals surface area contributed by atoms with Crippen molar-refractivity contribution in [1.82, 2.24) is 5.32 Å². The number of carbonyl (C=O) groups excluding carboxylic acids is 1. The van der Waals surface area contributed by atoms with E-state index in [0.29, 0.717) is 30.3 Å². The van der Waals surface area contributed by atoms with Crippen molar-refractivity contribution in [2.75, 3.05) is 27.4 Å². The zero-order chi connectivity index (χ0) is 21.3. The minimum Gasteiger partial charge on any atom is -0.493 e. The molecule has 0 spiro atoms. The molecule has 0 aromatic heterocycles. The Morgan fingerprint density at radius 2 is 1.63 bits per heavy atom. The van der Waals surface area contributed by atoms with Gasteiger partial charge in [-0.15, -0.1) is 0 Å². The van der Waals surface area contributed by atoms with Gasteiger partial charge in [-0.05, 0) is 41.8 Å². The van der Waals surface area contributed by atoms with Crippen LogP contribution in [0, 0.1) is 0 Å². The molecule has 1 amide bonds. The highest BCUT2D eigenvalue weighted by molar-refractivity contribution is 6.01. The van der Waals surface area contributed by atoms with E-state index < -0.39 is 0 Å². The Balaban J connectivity index is 1.77. The molecule has 0 heterocycles. The van der Waals surface area contributed by atoms with Crippen molar-refractivity contribution in [2.45, 2.75) is 13.0 Å². The second-order valence-electron chi connectivity index (χ2n) is 6.86. The molecule has 0 aliphatic rings. The third kappa shape index (κ3) is 5.19. The van der Waals surface area contributed by atoms with Gasteiger partial charge in [-0.1, -0.05) is 54.6 Å². The number of hydrogen-bond donors (Lipinski definition) is 1. The van der Waals surface area contributed by atoms with Gasteiger partial charge >= 0.3 is 0 Å². The lowest BCUT2D eigenvalue weighted by Crippen LogP contribution is -2.27. The molecule has 0 saturated heterocycles. The van der Waals surface area contributed by atoms with E-state index in [0.717, 1.165) is 16.7 Å². The van der Waals surface area contributed by atoms with Crippen LogP contribution in [-0.4, -0.2) is 33.3 Å². The fourth-order valence-electron chi connectivity index (χ4n) is 3.22. The van der Waals surface area contributed by atoms with Crippen LogP contribution in [0.15, 0.2) is 72.8 Å². The van der Waals surface area contributed by atoms with Gasteiger partial charge in [0, 0.05) is 12.7 Å². The van der Waals surface area contributed by atoms with Gasteiger partial charge in [-0.3, -0.25) is 4.79 Å². The molecule has 5 heteroatoms. The summed E-state index contributed by atoms with van der Waals surface area (Å²) in [5.74, 6) is 1.14. The molecular formula is C25H27NO4. The molecule has 3 aromatic carbocycles. The lowest BCUT2D eigenvalue weighted by molar-refractivity contribution is 0.0940. The first-order chi connectivity index (χ1) is 14.6. The molecule has 5 nitrogen and oxygen atoms in total. The standard InChI is InChI=1S/C25H27NO4/c1-18(20-13-14-23(24(17-20)29-3)30-16-15-28-2)26-25(27)22-12-8-7-11-21(22)19-9-5-4-6-10-19/h4-14,17-18H,15-16H2,1-3H3,(H,26,27). The number of rotatable bonds is 9. The molecule has 156 valence electrons. The monoisotopic (exact) mass is 405 g/mol. The zero-order valence-corrected chi connectivity index (χ0v) is 17.6. The van der Waals surface area contributed by atoms with Crippen LogP contribution in [-0.2, 0) is 4.74 Å². The summed E-state index contributed by atoms with van der Waals surface area (Å²) in [6.45, 7) is 2.89. The van der Waals surface area contributed by atoms with Crippen molar-refractivity contribution in [3.63, 3.8) is 0 Å². The Labute approximate surface area is 177 Å². The van der Waals surface area contributed by atoms with Gasteiger partial charge in [0.15, 0.2) is 11.5 Å². The van der Waals surface area contributed by atoms with Crippen LogP contribution in [0.5, 0.6) is 11.5 Å². The van der Waals surface area contributed by atoms with Crippen LogP contribution in [0.1, 0.15) is 28.9 Å². The number of amides is 1. The molecular weight excluding hydrogens is 378 g/mol. The van der Waals surface area contributed by atoms with Gasteiger partial charge in [0.05, 0.1) is 19.8 Å². The molecule has 1 atom stereocenters. The smallest absolute Gasteiger partial charge is 0.252 e. The predicted molar refractivity (Wildman–Crippen MR) is 118 cm³/mol. The number of nitrogens with one attached hydrogen (secondary N) is 1. The van der Waals surface area contributed by atoms with Crippen LogP contribution in [0.2, 0.25) is 0 Å². The molecule has 0 aliphatic carbocycles. The maximum absolute atomic E-state index is 13.0. The second-order valence-corrected chi connectivity index (χ2v) is 6.86.